The van der Waals surface area contributed by atoms with Crippen LogP contribution in [0.3, 0.4) is 0 Å². The van der Waals surface area contributed by atoms with Gasteiger partial charge in [-0.3, -0.25) is 14.2 Å². The molecule has 0 atom stereocenters. The molecule has 1 aromatic carbocycles. The molecular formula is C22H25N5O5. The van der Waals surface area contributed by atoms with Gasteiger partial charge in [-0.15, -0.1) is 0 Å². The van der Waals surface area contributed by atoms with Crippen LogP contribution in [0.25, 0.3) is 11.2 Å². The van der Waals surface area contributed by atoms with Crippen molar-refractivity contribution in [2.24, 2.45) is 13.0 Å². The molecule has 168 valence electrons. The minimum atomic E-state index is -0.587. The zero-order valence-corrected chi connectivity index (χ0v) is 18.1. The Morgan fingerprint density at radius 3 is 2.53 bits per heavy atom. The third-order valence-corrected chi connectivity index (χ3v) is 6.02. The standard InChI is InChI=1S/C22H25N5O5/c1-13-9-17-18(32-8-7-31-17)10-15(13)24-22-23-11-16-19(25-22)27(21(29)20(28)26(16)2)12-14-3-5-30-6-4-14/h9-11,14H,3-8,12H2,1-2H3,(H,23,24,25). The van der Waals surface area contributed by atoms with E-state index in [9.17, 15) is 9.59 Å². The summed E-state index contributed by atoms with van der Waals surface area (Å²) in [5, 5.41) is 3.22. The summed E-state index contributed by atoms with van der Waals surface area (Å²) in [4.78, 5) is 34.4. The van der Waals surface area contributed by atoms with Crippen LogP contribution in [-0.4, -0.2) is 45.5 Å². The Morgan fingerprint density at radius 2 is 1.78 bits per heavy atom. The van der Waals surface area contributed by atoms with Gasteiger partial charge in [-0.05, 0) is 37.3 Å². The van der Waals surface area contributed by atoms with Crippen molar-refractivity contribution in [3.8, 4) is 11.5 Å². The molecule has 3 aromatic rings. The number of nitrogens with one attached hydrogen (secondary N) is 1. The fourth-order valence-corrected chi connectivity index (χ4v) is 4.13. The number of nitrogens with zero attached hydrogens (tertiary/aromatic N) is 4. The van der Waals surface area contributed by atoms with E-state index in [-0.39, 0.29) is 5.92 Å². The number of benzene rings is 1. The fourth-order valence-electron chi connectivity index (χ4n) is 4.13. The van der Waals surface area contributed by atoms with Crippen LogP contribution in [0.2, 0.25) is 0 Å². The molecule has 2 aliphatic rings. The van der Waals surface area contributed by atoms with Crippen molar-refractivity contribution in [1.29, 1.82) is 0 Å². The van der Waals surface area contributed by atoms with Crippen LogP contribution < -0.4 is 25.9 Å². The van der Waals surface area contributed by atoms with Crippen molar-refractivity contribution in [3.63, 3.8) is 0 Å². The largest absolute Gasteiger partial charge is 0.486 e. The van der Waals surface area contributed by atoms with Crippen molar-refractivity contribution in [1.82, 2.24) is 19.1 Å². The molecule has 0 aliphatic carbocycles. The lowest BCUT2D eigenvalue weighted by atomic mass is 10.0. The maximum Gasteiger partial charge on any atom is 0.318 e. The van der Waals surface area contributed by atoms with E-state index in [0.29, 0.717) is 61.6 Å². The summed E-state index contributed by atoms with van der Waals surface area (Å²) in [6, 6.07) is 3.76. The number of ether oxygens (including phenoxy) is 3. The Labute approximate surface area is 183 Å². The van der Waals surface area contributed by atoms with E-state index in [4.69, 9.17) is 14.2 Å². The molecule has 4 heterocycles. The molecule has 0 radical (unpaired) electrons. The van der Waals surface area contributed by atoms with E-state index < -0.39 is 11.1 Å². The number of aromatic nitrogens is 4. The SMILES string of the molecule is Cc1cc2c(cc1Nc1ncc3c(n1)n(CC1CCOCC1)c(=O)c(=O)n3C)OCCO2. The van der Waals surface area contributed by atoms with Crippen LogP contribution in [0.15, 0.2) is 27.9 Å². The predicted octanol–water partition coefficient (Wildman–Crippen LogP) is 1.74. The molecule has 5 rings (SSSR count). The van der Waals surface area contributed by atoms with E-state index in [1.807, 2.05) is 19.1 Å². The highest BCUT2D eigenvalue weighted by molar-refractivity contribution is 5.73. The quantitative estimate of drug-likeness (QED) is 0.613. The van der Waals surface area contributed by atoms with Crippen LogP contribution in [0.5, 0.6) is 11.5 Å². The Balaban J connectivity index is 1.55. The first-order chi connectivity index (χ1) is 15.5. The molecule has 10 nitrogen and oxygen atoms in total. The number of aryl methyl sites for hydroxylation is 2. The van der Waals surface area contributed by atoms with E-state index in [0.717, 1.165) is 24.1 Å². The predicted molar refractivity (Wildman–Crippen MR) is 118 cm³/mol. The zero-order chi connectivity index (χ0) is 22.2. The second-order valence-corrected chi connectivity index (χ2v) is 8.17. The smallest absolute Gasteiger partial charge is 0.318 e. The highest BCUT2D eigenvalue weighted by atomic mass is 16.6. The molecule has 10 heteroatoms. The van der Waals surface area contributed by atoms with Crippen molar-refractivity contribution in [2.75, 3.05) is 31.7 Å². The number of rotatable bonds is 4. The average Bonchev–Trinajstić information content (AvgIpc) is 2.81. The zero-order valence-electron chi connectivity index (χ0n) is 18.1. The van der Waals surface area contributed by atoms with Gasteiger partial charge in [0.2, 0.25) is 5.95 Å². The maximum absolute atomic E-state index is 12.8. The molecule has 0 saturated carbocycles. The van der Waals surface area contributed by atoms with Crippen molar-refractivity contribution in [3.05, 3.63) is 44.6 Å². The topological polar surface area (TPSA) is 110 Å². The summed E-state index contributed by atoms with van der Waals surface area (Å²) >= 11 is 0. The third kappa shape index (κ3) is 3.70. The van der Waals surface area contributed by atoms with Gasteiger partial charge in [0.15, 0.2) is 17.1 Å². The van der Waals surface area contributed by atoms with Gasteiger partial charge in [-0.1, -0.05) is 0 Å². The molecule has 32 heavy (non-hydrogen) atoms. The molecule has 1 saturated heterocycles. The molecule has 2 aliphatic heterocycles. The van der Waals surface area contributed by atoms with Gasteiger partial charge < -0.3 is 24.1 Å². The Hall–Kier alpha value is -3.40. The van der Waals surface area contributed by atoms with Crippen LogP contribution in [0.1, 0.15) is 18.4 Å². The van der Waals surface area contributed by atoms with Crippen LogP contribution >= 0.6 is 0 Å². The van der Waals surface area contributed by atoms with E-state index in [2.05, 4.69) is 15.3 Å². The summed E-state index contributed by atoms with van der Waals surface area (Å²) in [7, 11) is 1.56. The van der Waals surface area contributed by atoms with Gasteiger partial charge in [-0.2, -0.15) is 4.98 Å². The summed E-state index contributed by atoms with van der Waals surface area (Å²) in [5.41, 5.74) is 1.49. The van der Waals surface area contributed by atoms with Crippen LogP contribution in [-0.2, 0) is 18.3 Å². The van der Waals surface area contributed by atoms with Gasteiger partial charge in [0, 0.05) is 38.6 Å². The Bertz CT molecular complexity index is 1290. The summed E-state index contributed by atoms with van der Waals surface area (Å²) in [6.07, 6.45) is 3.25. The first-order valence-corrected chi connectivity index (χ1v) is 10.7. The average molecular weight is 439 g/mol. The lowest BCUT2D eigenvalue weighted by Crippen LogP contribution is -2.42. The van der Waals surface area contributed by atoms with Crippen molar-refractivity contribution < 1.29 is 14.2 Å². The lowest BCUT2D eigenvalue weighted by Gasteiger charge is -2.23. The number of hydrogen-bond acceptors (Lipinski definition) is 8. The van der Waals surface area contributed by atoms with E-state index >= 15 is 0 Å². The second kappa shape index (κ2) is 8.27. The van der Waals surface area contributed by atoms with Gasteiger partial charge in [0.1, 0.15) is 18.7 Å². The summed E-state index contributed by atoms with van der Waals surface area (Å²) < 4.78 is 19.5. The van der Waals surface area contributed by atoms with Crippen molar-refractivity contribution in [2.45, 2.75) is 26.3 Å². The fraction of sp³-hybridized carbons (Fsp3) is 0.455. The van der Waals surface area contributed by atoms with E-state index in [1.165, 1.54) is 9.13 Å². The van der Waals surface area contributed by atoms with Crippen LogP contribution in [0.4, 0.5) is 11.6 Å². The van der Waals surface area contributed by atoms with E-state index in [1.54, 1.807) is 13.2 Å². The molecule has 1 fully saturated rings. The van der Waals surface area contributed by atoms with Gasteiger partial charge in [0.25, 0.3) is 0 Å². The molecule has 0 amide bonds. The molecule has 1 N–H and O–H groups in total. The Morgan fingerprint density at radius 1 is 1.06 bits per heavy atom. The second-order valence-electron chi connectivity index (χ2n) is 8.17. The molecule has 0 unspecified atom stereocenters. The summed E-state index contributed by atoms with van der Waals surface area (Å²) in [6.45, 7) is 4.71. The minimum absolute atomic E-state index is 0.253. The number of anilines is 2. The van der Waals surface area contributed by atoms with Crippen molar-refractivity contribution >= 4 is 22.8 Å². The molecular weight excluding hydrogens is 414 g/mol. The molecule has 0 bridgehead atoms. The minimum Gasteiger partial charge on any atom is -0.486 e. The third-order valence-electron chi connectivity index (χ3n) is 6.02. The normalized spacial score (nSPS) is 16.3. The Kier molecular flexibility index (Phi) is 5.30. The molecule has 2 aromatic heterocycles. The molecule has 0 spiro atoms. The van der Waals surface area contributed by atoms with Gasteiger partial charge in [-0.25, -0.2) is 4.98 Å². The summed E-state index contributed by atoms with van der Waals surface area (Å²) in [5.74, 6) is 1.95. The maximum atomic E-state index is 12.8. The van der Waals surface area contributed by atoms with Gasteiger partial charge in [0.05, 0.1) is 6.20 Å². The monoisotopic (exact) mass is 439 g/mol. The number of hydrogen-bond donors (Lipinski definition) is 1. The first kappa shape index (κ1) is 20.5. The van der Waals surface area contributed by atoms with Gasteiger partial charge >= 0.3 is 11.1 Å². The first-order valence-electron chi connectivity index (χ1n) is 10.7. The van der Waals surface area contributed by atoms with Crippen LogP contribution in [0, 0.1) is 12.8 Å². The highest BCUT2D eigenvalue weighted by Crippen LogP contribution is 2.36. The highest BCUT2D eigenvalue weighted by Gasteiger charge is 2.20. The number of fused-ring (bicyclic) bond motifs is 2. The lowest BCUT2D eigenvalue weighted by molar-refractivity contribution is 0.0612.